The van der Waals surface area contributed by atoms with Crippen LogP contribution in [0.5, 0.6) is 0 Å². The zero-order chi connectivity index (χ0) is 14.7. The zero-order valence-electron chi connectivity index (χ0n) is 10.2. The SMILES string of the molecule is Nc1ccc(Cl)c(C(=O)OCc2ccc(F)cc2Br)c1. The number of carbonyl (C=O) groups excluding carboxylic acids is 1. The number of nitrogen functional groups attached to an aromatic ring is 1. The molecule has 0 aromatic heterocycles. The van der Waals surface area contributed by atoms with Gasteiger partial charge in [0.25, 0.3) is 0 Å². The molecule has 0 aliphatic rings. The van der Waals surface area contributed by atoms with Crippen LogP contribution in [0.4, 0.5) is 10.1 Å². The lowest BCUT2D eigenvalue weighted by Crippen LogP contribution is -2.07. The highest BCUT2D eigenvalue weighted by atomic mass is 79.9. The summed E-state index contributed by atoms with van der Waals surface area (Å²) in [7, 11) is 0. The number of anilines is 1. The van der Waals surface area contributed by atoms with Gasteiger partial charge in [-0.25, -0.2) is 9.18 Å². The Labute approximate surface area is 128 Å². The van der Waals surface area contributed by atoms with Crippen LogP contribution in [0.3, 0.4) is 0 Å². The third-order valence-electron chi connectivity index (χ3n) is 2.58. The minimum Gasteiger partial charge on any atom is -0.457 e. The molecule has 0 bridgehead atoms. The van der Waals surface area contributed by atoms with E-state index in [1.165, 1.54) is 30.3 Å². The summed E-state index contributed by atoms with van der Waals surface area (Å²) in [5.74, 6) is -0.954. The molecule has 0 fully saturated rings. The highest BCUT2D eigenvalue weighted by Gasteiger charge is 2.13. The smallest absolute Gasteiger partial charge is 0.340 e. The van der Waals surface area contributed by atoms with E-state index < -0.39 is 5.97 Å². The minimum atomic E-state index is -0.585. The molecule has 2 aromatic rings. The molecule has 104 valence electrons. The molecule has 2 N–H and O–H groups in total. The molecule has 0 saturated heterocycles. The standard InChI is InChI=1S/C14H10BrClFNO2/c15-12-5-9(17)2-1-8(12)7-20-14(19)11-6-10(18)3-4-13(11)16/h1-6H,7,18H2. The van der Waals surface area contributed by atoms with Crippen molar-refractivity contribution in [1.29, 1.82) is 0 Å². The Bertz CT molecular complexity index is 664. The van der Waals surface area contributed by atoms with Crippen LogP contribution in [0, 0.1) is 5.82 Å². The molecular weight excluding hydrogens is 349 g/mol. The van der Waals surface area contributed by atoms with Gasteiger partial charge in [-0.3, -0.25) is 0 Å². The number of halogens is 3. The van der Waals surface area contributed by atoms with Crippen molar-refractivity contribution >= 4 is 39.2 Å². The molecule has 2 rings (SSSR count). The highest BCUT2D eigenvalue weighted by Crippen LogP contribution is 2.22. The van der Waals surface area contributed by atoms with E-state index in [9.17, 15) is 9.18 Å². The predicted octanol–water partition coefficient (Wildman–Crippen LogP) is 4.18. The van der Waals surface area contributed by atoms with Crippen molar-refractivity contribution in [3.8, 4) is 0 Å². The quantitative estimate of drug-likeness (QED) is 0.661. The third-order valence-corrected chi connectivity index (χ3v) is 3.65. The van der Waals surface area contributed by atoms with Crippen LogP contribution in [0.2, 0.25) is 5.02 Å². The Morgan fingerprint density at radius 2 is 2.05 bits per heavy atom. The summed E-state index contributed by atoms with van der Waals surface area (Å²) in [5.41, 5.74) is 6.87. The first kappa shape index (κ1) is 14.8. The van der Waals surface area contributed by atoms with Crippen molar-refractivity contribution < 1.29 is 13.9 Å². The number of carbonyl (C=O) groups is 1. The molecule has 0 heterocycles. The number of rotatable bonds is 3. The van der Waals surface area contributed by atoms with Gasteiger partial charge in [-0.05, 0) is 30.3 Å². The molecule has 6 heteroatoms. The maximum atomic E-state index is 12.9. The van der Waals surface area contributed by atoms with Gasteiger partial charge in [-0.15, -0.1) is 0 Å². The van der Waals surface area contributed by atoms with Gasteiger partial charge in [0, 0.05) is 15.7 Å². The fourth-order valence-electron chi connectivity index (χ4n) is 1.56. The van der Waals surface area contributed by atoms with Crippen LogP contribution in [-0.4, -0.2) is 5.97 Å². The first-order valence-electron chi connectivity index (χ1n) is 5.63. The van der Waals surface area contributed by atoms with Crippen LogP contribution in [0.15, 0.2) is 40.9 Å². The Morgan fingerprint density at radius 3 is 2.75 bits per heavy atom. The van der Waals surface area contributed by atoms with Gasteiger partial charge in [0.2, 0.25) is 0 Å². The molecule has 0 unspecified atom stereocenters. The van der Waals surface area contributed by atoms with E-state index in [-0.39, 0.29) is 23.0 Å². The number of hydrogen-bond acceptors (Lipinski definition) is 3. The summed E-state index contributed by atoms with van der Waals surface area (Å²) in [4.78, 5) is 11.9. The fraction of sp³-hybridized carbons (Fsp3) is 0.0714. The summed E-state index contributed by atoms with van der Waals surface area (Å²) in [6, 6.07) is 8.70. The second-order valence-electron chi connectivity index (χ2n) is 4.05. The van der Waals surface area contributed by atoms with Gasteiger partial charge in [0.15, 0.2) is 0 Å². The van der Waals surface area contributed by atoms with Crippen molar-refractivity contribution in [3.05, 3.63) is 62.8 Å². The number of esters is 1. The third kappa shape index (κ3) is 3.49. The first-order valence-corrected chi connectivity index (χ1v) is 6.80. The minimum absolute atomic E-state index is 0.00479. The molecule has 0 atom stereocenters. The predicted molar refractivity (Wildman–Crippen MR) is 79.1 cm³/mol. The van der Waals surface area contributed by atoms with Gasteiger partial charge in [0.1, 0.15) is 12.4 Å². The van der Waals surface area contributed by atoms with E-state index >= 15 is 0 Å². The molecule has 0 amide bonds. The molecule has 0 radical (unpaired) electrons. The second-order valence-corrected chi connectivity index (χ2v) is 5.31. The molecule has 2 aromatic carbocycles. The largest absolute Gasteiger partial charge is 0.457 e. The Kier molecular flexibility index (Phi) is 4.62. The zero-order valence-corrected chi connectivity index (χ0v) is 12.5. The Hall–Kier alpha value is -1.59. The number of hydrogen-bond donors (Lipinski definition) is 1. The van der Waals surface area contributed by atoms with Gasteiger partial charge >= 0.3 is 5.97 Å². The molecule has 20 heavy (non-hydrogen) atoms. The normalized spacial score (nSPS) is 10.3. The lowest BCUT2D eigenvalue weighted by Gasteiger charge is -2.08. The van der Waals surface area contributed by atoms with Crippen molar-refractivity contribution in [3.63, 3.8) is 0 Å². The maximum Gasteiger partial charge on any atom is 0.340 e. The van der Waals surface area contributed by atoms with Crippen LogP contribution in [0.25, 0.3) is 0 Å². The average Bonchev–Trinajstić information content (AvgIpc) is 2.40. The summed E-state index contributed by atoms with van der Waals surface area (Å²) in [5, 5.41) is 0.266. The monoisotopic (exact) mass is 357 g/mol. The Morgan fingerprint density at radius 1 is 1.30 bits per heavy atom. The number of nitrogens with two attached hydrogens (primary N) is 1. The van der Waals surface area contributed by atoms with Gasteiger partial charge < -0.3 is 10.5 Å². The van der Waals surface area contributed by atoms with Crippen molar-refractivity contribution in [2.75, 3.05) is 5.73 Å². The summed E-state index contributed by atoms with van der Waals surface area (Å²) < 4.78 is 18.6. The summed E-state index contributed by atoms with van der Waals surface area (Å²) >= 11 is 9.11. The van der Waals surface area contributed by atoms with E-state index in [1.54, 1.807) is 6.07 Å². The van der Waals surface area contributed by atoms with Crippen LogP contribution in [0.1, 0.15) is 15.9 Å². The molecule has 0 spiro atoms. The average molecular weight is 359 g/mol. The first-order chi connectivity index (χ1) is 9.47. The topological polar surface area (TPSA) is 52.3 Å². The lowest BCUT2D eigenvalue weighted by atomic mass is 10.2. The van der Waals surface area contributed by atoms with E-state index in [2.05, 4.69) is 15.9 Å². The van der Waals surface area contributed by atoms with Crippen LogP contribution in [-0.2, 0) is 11.3 Å². The summed E-state index contributed by atoms with van der Waals surface area (Å²) in [6.07, 6.45) is 0. The van der Waals surface area contributed by atoms with Gasteiger partial charge in [-0.2, -0.15) is 0 Å². The number of ether oxygens (including phenoxy) is 1. The molecular formula is C14H10BrClFNO2. The fourth-order valence-corrected chi connectivity index (χ4v) is 2.22. The Balaban J connectivity index is 2.10. The highest BCUT2D eigenvalue weighted by molar-refractivity contribution is 9.10. The van der Waals surface area contributed by atoms with Crippen molar-refractivity contribution in [2.45, 2.75) is 6.61 Å². The second kappa shape index (κ2) is 6.24. The number of benzene rings is 2. The van der Waals surface area contributed by atoms with Crippen LogP contribution >= 0.6 is 27.5 Å². The van der Waals surface area contributed by atoms with E-state index in [0.717, 1.165) is 0 Å². The van der Waals surface area contributed by atoms with Gasteiger partial charge in [-0.1, -0.05) is 33.6 Å². The van der Waals surface area contributed by atoms with Gasteiger partial charge in [0.05, 0.1) is 10.6 Å². The van der Waals surface area contributed by atoms with Crippen molar-refractivity contribution in [1.82, 2.24) is 0 Å². The van der Waals surface area contributed by atoms with E-state index in [0.29, 0.717) is 15.7 Å². The molecule has 0 aliphatic carbocycles. The maximum absolute atomic E-state index is 12.9. The molecule has 0 saturated carbocycles. The van der Waals surface area contributed by atoms with Crippen LogP contribution < -0.4 is 5.73 Å². The van der Waals surface area contributed by atoms with E-state index in [1.807, 2.05) is 0 Å². The molecule has 0 aliphatic heterocycles. The van der Waals surface area contributed by atoms with Crippen molar-refractivity contribution in [2.24, 2.45) is 0 Å². The van der Waals surface area contributed by atoms with E-state index in [4.69, 9.17) is 22.1 Å². The summed E-state index contributed by atoms with van der Waals surface area (Å²) in [6.45, 7) is 0.00479. The molecule has 3 nitrogen and oxygen atoms in total. The lowest BCUT2D eigenvalue weighted by molar-refractivity contribution is 0.0472.